The zero-order valence-corrected chi connectivity index (χ0v) is 7.54. The molecule has 74 valence electrons. The van der Waals surface area contributed by atoms with Gasteiger partial charge in [0.1, 0.15) is 0 Å². The summed E-state index contributed by atoms with van der Waals surface area (Å²) in [5.74, 6) is -0.603. The standard InChI is InChI=1S/C8H13NO4/c1-2-13-8(11)6-5-12-4-3-7(10)9-6/h6H,2-5H2,1H3,(H,9,10). The SMILES string of the molecule is CCOC(=O)C1COCCC(=O)N1. The molecular formula is C8H13NO4. The molecule has 1 aliphatic rings. The molecule has 0 aromatic carbocycles. The summed E-state index contributed by atoms with van der Waals surface area (Å²) in [4.78, 5) is 22.2. The Bertz CT molecular complexity index is 204. The highest BCUT2D eigenvalue weighted by atomic mass is 16.5. The topological polar surface area (TPSA) is 64.6 Å². The lowest BCUT2D eigenvalue weighted by Gasteiger charge is -2.12. The summed E-state index contributed by atoms with van der Waals surface area (Å²) < 4.78 is 9.81. The van der Waals surface area contributed by atoms with Crippen LogP contribution < -0.4 is 5.32 Å². The van der Waals surface area contributed by atoms with Gasteiger partial charge in [-0.2, -0.15) is 0 Å². The number of ether oxygens (including phenoxy) is 2. The molecule has 1 amide bonds. The van der Waals surface area contributed by atoms with Crippen molar-refractivity contribution in [1.29, 1.82) is 0 Å². The Morgan fingerprint density at radius 3 is 3.23 bits per heavy atom. The highest BCUT2D eigenvalue weighted by Gasteiger charge is 2.24. The van der Waals surface area contributed by atoms with Gasteiger partial charge in [-0.05, 0) is 6.92 Å². The monoisotopic (exact) mass is 187 g/mol. The van der Waals surface area contributed by atoms with Crippen molar-refractivity contribution in [3.05, 3.63) is 0 Å². The highest BCUT2D eigenvalue weighted by molar-refractivity contribution is 5.84. The van der Waals surface area contributed by atoms with E-state index in [0.29, 0.717) is 19.6 Å². The molecule has 0 aliphatic carbocycles. The Balaban J connectivity index is 2.47. The summed E-state index contributed by atoms with van der Waals surface area (Å²) in [6, 6.07) is -0.644. The van der Waals surface area contributed by atoms with Gasteiger partial charge in [0.05, 0.1) is 19.8 Å². The van der Waals surface area contributed by atoms with Crippen molar-refractivity contribution >= 4 is 11.9 Å². The summed E-state index contributed by atoms with van der Waals surface area (Å²) in [6.45, 7) is 2.59. The second-order valence-corrected chi connectivity index (χ2v) is 2.70. The van der Waals surface area contributed by atoms with Gasteiger partial charge in [-0.1, -0.05) is 0 Å². The second-order valence-electron chi connectivity index (χ2n) is 2.70. The molecule has 0 aromatic rings. The fraction of sp³-hybridized carbons (Fsp3) is 0.750. The van der Waals surface area contributed by atoms with Gasteiger partial charge in [0.15, 0.2) is 6.04 Å². The summed E-state index contributed by atoms with van der Waals surface area (Å²) in [5, 5.41) is 2.52. The quantitative estimate of drug-likeness (QED) is 0.589. The molecule has 1 unspecified atom stereocenters. The number of esters is 1. The number of amides is 1. The van der Waals surface area contributed by atoms with Gasteiger partial charge in [0.25, 0.3) is 0 Å². The van der Waals surface area contributed by atoms with Crippen molar-refractivity contribution in [2.24, 2.45) is 0 Å². The maximum atomic E-state index is 11.2. The molecule has 0 spiro atoms. The number of hydrogen-bond donors (Lipinski definition) is 1. The van der Waals surface area contributed by atoms with Crippen LogP contribution in [0.3, 0.4) is 0 Å². The van der Waals surface area contributed by atoms with Crippen LogP contribution in [-0.4, -0.2) is 37.7 Å². The van der Waals surface area contributed by atoms with Gasteiger partial charge in [-0.15, -0.1) is 0 Å². The van der Waals surface area contributed by atoms with Crippen LogP contribution in [0.15, 0.2) is 0 Å². The third kappa shape index (κ3) is 3.02. The normalized spacial score (nSPS) is 23.2. The van der Waals surface area contributed by atoms with E-state index >= 15 is 0 Å². The van der Waals surface area contributed by atoms with E-state index in [9.17, 15) is 9.59 Å². The molecule has 0 radical (unpaired) electrons. The number of hydrogen-bond acceptors (Lipinski definition) is 4. The van der Waals surface area contributed by atoms with Crippen molar-refractivity contribution in [3.8, 4) is 0 Å². The predicted molar refractivity (Wildman–Crippen MR) is 44.0 cm³/mol. The molecule has 1 atom stereocenters. The van der Waals surface area contributed by atoms with Crippen LogP contribution in [0.25, 0.3) is 0 Å². The summed E-state index contributed by atoms with van der Waals surface area (Å²) in [7, 11) is 0. The van der Waals surface area contributed by atoms with E-state index in [2.05, 4.69) is 5.32 Å². The molecule has 1 rings (SSSR count). The number of nitrogens with one attached hydrogen (secondary N) is 1. The van der Waals surface area contributed by atoms with E-state index < -0.39 is 12.0 Å². The van der Waals surface area contributed by atoms with Gasteiger partial charge < -0.3 is 14.8 Å². The Morgan fingerprint density at radius 2 is 2.54 bits per heavy atom. The van der Waals surface area contributed by atoms with Gasteiger partial charge in [-0.3, -0.25) is 4.79 Å². The molecule has 1 saturated heterocycles. The predicted octanol–water partition coefficient (Wildman–Crippen LogP) is -0.545. The average Bonchev–Trinajstić information content (AvgIpc) is 2.30. The van der Waals surface area contributed by atoms with Crippen LogP contribution in [-0.2, 0) is 19.1 Å². The maximum absolute atomic E-state index is 11.2. The minimum atomic E-state index is -0.644. The number of carbonyl (C=O) groups is 2. The van der Waals surface area contributed by atoms with E-state index in [1.54, 1.807) is 6.92 Å². The molecule has 1 fully saturated rings. The molecule has 0 aromatic heterocycles. The zero-order valence-electron chi connectivity index (χ0n) is 7.54. The first-order valence-corrected chi connectivity index (χ1v) is 4.27. The summed E-state index contributed by atoms with van der Waals surface area (Å²) >= 11 is 0. The highest BCUT2D eigenvalue weighted by Crippen LogP contribution is 1.98. The van der Waals surface area contributed by atoms with E-state index in [-0.39, 0.29) is 12.5 Å². The minimum absolute atomic E-state index is 0.171. The Hall–Kier alpha value is -1.10. The van der Waals surface area contributed by atoms with E-state index in [1.807, 2.05) is 0 Å². The summed E-state index contributed by atoms with van der Waals surface area (Å²) in [5.41, 5.74) is 0. The van der Waals surface area contributed by atoms with Crippen molar-refractivity contribution < 1.29 is 19.1 Å². The lowest BCUT2D eigenvalue weighted by atomic mass is 10.3. The second kappa shape index (κ2) is 4.81. The molecule has 0 saturated carbocycles. The maximum Gasteiger partial charge on any atom is 0.331 e. The molecule has 0 bridgehead atoms. The Kier molecular flexibility index (Phi) is 3.70. The smallest absolute Gasteiger partial charge is 0.331 e. The van der Waals surface area contributed by atoms with Crippen LogP contribution in [0.2, 0.25) is 0 Å². The first-order chi connectivity index (χ1) is 6.24. The average molecular weight is 187 g/mol. The van der Waals surface area contributed by atoms with Crippen molar-refractivity contribution in [2.75, 3.05) is 19.8 Å². The van der Waals surface area contributed by atoms with Crippen LogP contribution in [0.5, 0.6) is 0 Å². The van der Waals surface area contributed by atoms with Gasteiger partial charge in [-0.25, -0.2) is 4.79 Å². The fourth-order valence-electron chi connectivity index (χ4n) is 1.04. The minimum Gasteiger partial charge on any atom is -0.464 e. The first-order valence-electron chi connectivity index (χ1n) is 4.27. The van der Waals surface area contributed by atoms with E-state index in [1.165, 1.54) is 0 Å². The van der Waals surface area contributed by atoms with E-state index in [0.717, 1.165) is 0 Å². The molecular weight excluding hydrogens is 174 g/mol. The molecule has 5 heteroatoms. The van der Waals surface area contributed by atoms with Crippen LogP contribution in [0.1, 0.15) is 13.3 Å². The fourth-order valence-corrected chi connectivity index (χ4v) is 1.04. The molecule has 1 aliphatic heterocycles. The van der Waals surface area contributed by atoms with Gasteiger partial charge in [0.2, 0.25) is 5.91 Å². The van der Waals surface area contributed by atoms with Crippen LogP contribution in [0.4, 0.5) is 0 Å². The van der Waals surface area contributed by atoms with Crippen molar-refractivity contribution in [1.82, 2.24) is 5.32 Å². The third-order valence-electron chi connectivity index (χ3n) is 1.66. The Morgan fingerprint density at radius 1 is 1.77 bits per heavy atom. The van der Waals surface area contributed by atoms with Gasteiger partial charge >= 0.3 is 5.97 Å². The number of carbonyl (C=O) groups excluding carboxylic acids is 2. The molecule has 1 heterocycles. The van der Waals surface area contributed by atoms with Crippen LogP contribution in [0, 0.1) is 0 Å². The van der Waals surface area contributed by atoms with Crippen molar-refractivity contribution in [2.45, 2.75) is 19.4 Å². The zero-order chi connectivity index (χ0) is 9.68. The number of rotatable bonds is 2. The van der Waals surface area contributed by atoms with Gasteiger partial charge in [0, 0.05) is 6.42 Å². The van der Waals surface area contributed by atoms with Crippen molar-refractivity contribution in [3.63, 3.8) is 0 Å². The summed E-state index contributed by atoms with van der Waals surface area (Å²) in [6.07, 6.45) is 0.301. The first kappa shape index (κ1) is 9.98. The molecule has 5 nitrogen and oxygen atoms in total. The lowest BCUT2D eigenvalue weighted by molar-refractivity contribution is -0.148. The lowest BCUT2D eigenvalue weighted by Crippen LogP contribution is -2.42. The third-order valence-corrected chi connectivity index (χ3v) is 1.66. The van der Waals surface area contributed by atoms with E-state index in [4.69, 9.17) is 9.47 Å². The molecule has 13 heavy (non-hydrogen) atoms. The van der Waals surface area contributed by atoms with Crippen LogP contribution >= 0.6 is 0 Å². The molecule has 1 N–H and O–H groups in total. The Labute approximate surface area is 76.4 Å². The largest absolute Gasteiger partial charge is 0.464 e.